The predicted molar refractivity (Wildman–Crippen MR) is 83.3 cm³/mol. The van der Waals surface area contributed by atoms with Gasteiger partial charge in [0.25, 0.3) is 0 Å². The van der Waals surface area contributed by atoms with E-state index in [0.717, 1.165) is 32.3 Å². The van der Waals surface area contributed by atoms with Crippen LogP contribution >= 0.6 is 0 Å². The summed E-state index contributed by atoms with van der Waals surface area (Å²) in [6, 6.07) is 0.756. The highest BCUT2D eigenvalue weighted by Crippen LogP contribution is 2.20. The van der Waals surface area contributed by atoms with Gasteiger partial charge in [-0.2, -0.15) is 0 Å². The van der Waals surface area contributed by atoms with Gasteiger partial charge in [0.15, 0.2) is 0 Å². The summed E-state index contributed by atoms with van der Waals surface area (Å²) in [6.07, 6.45) is 9.38. The molecule has 0 aliphatic carbocycles. The lowest BCUT2D eigenvalue weighted by Crippen LogP contribution is -2.38. The van der Waals surface area contributed by atoms with Gasteiger partial charge in [0.05, 0.1) is 24.8 Å². The van der Waals surface area contributed by atoms with Gasteiger partial charge < -0.3 is 19.5 Å². The molecule has 2 unspecified atom stereocenters. The number of rotatable bonds is 5. The van der Waals surface area contributed by atoms with E-state index in [2.05, 4.69) is 26.7 Å². The number of nitrogens with zero attached hydrogens (tertiary/aromatic N) is 3. The van der Waals surface area contributed by atoms with Gasteiger partial charge in [0.1, 0.15) is 6.10 Å². The van der Waals surface area contributed by atoms with Crippen molar-refractivity contribution in [3.8, 4) is 0 Å². The van der Waals surface area contributed by atoms with Crippen LogP contribution in [-0.4, -0.2) is 53.3 Å². The molecule has 2 fully saturated rings. The number of hydrogen-bond donors (Lipinski definition) is 1. The van der Waals surface area contributed by atoms with E-state index in [-0.39, 0.29) is 6.10 Å². The molecule has 1 aromatic rings. The molecule has 2 aliphatic heterocycles. The Kier molecular flexibility index (Phi) is 5.27. The number of morpholine rings is 1. The molecule has 2 saturated heterocycles. The molecule has 2 atom stereocenters. The van der Waals surface area contributed by atoms with Gasteiger partial charge in [-0.25, -0.2) is 4.98 Å². The van der Waals surface area contributed by atoms with Crippen molar-refractivity contribution in [2.24, 2.45) is 0 Å². The number of likely N-dealkylation sites (tertiary alicyclic amines) is 1. The zero-order valence-electron chi connectivity index (χ0n) is 13.1. The lowest BCUT2D eigenvalue weighted by atomic mass is 10.0. The van der Waals surface area contributed by atoms with Crippen LogP contribution in [0.4, 0.5) is 0 Å². The maximum Gasteiger partial charge on any atom is 0.111 e. The molecule has 0 amide bonds. The number of ether oxygens (including phenoxy) is 1. The van der Waals surface area contributed by atoms with E-state index in [1.807, 2.05) is 12.5 Å². The Hall–Kier alpha value is -0.910. The van der Waals surface area contributed by atoms with Crippen LogP contribution in [-0.2, 0) is 11.3 Å². The van der Waals surface area contributed by atoms with Crippen LogP contribution in [0.3, 0.4) is 0 Å². The maximum atomic E-state index is 5.84. The zero-order valence-corrected chi connectivity index (χ0v) is 13.1. The second-order valence-electron chi connectivity index (χ2n) is 6.31. The maximum absolute atomic E-state index is 5.84. The van der Waals surface area contributed by atoms with Gasteiger partial charge >= 0.3 is 0 Å². The fraction of sp³-hybridized carbons (Fsp3) is 0.812. The molecule has 0 bridgehead atoms. The Bertz CT molecular complexity index is 428. The van der Waals surface area contributed by atoms with Crippen LogP contribution in [0, 0.1) is 0 Å². The number of piperidine rings is 1. The van der Waals surface area contributed by atoms with E-state index in [0.29, 0.717) is 0 Å². The quantitative estimate of drug-likeness (QED) is 0.899. The van der Waals surface area contributed by atoms with Gasteiger partial charge in [0, 0.05) is 32.2 Å². The average Bonchev–Trinajstić information content (AvgIpc) is 2.99. The minimum atomic E-state index is 0.162. The van der Waals surface area contributed by atoms with E-state index < -0.39 is 0 Å². The smallest absolute Gasteiger partial charge is 0.111 e. The summed E-state index contributed by atoms with van der Waals surface area (Å²) in [6.45, 7) is 8.52. The summed E-state index contributed by atoms with van der Waals surface area (Å²) in [5.41, 5.74) is 1.22. The summed E-state index contributed by atoms with van der Waals surface area (Å²) < 4.78 is 8.11. The molecule has 0 spiro atoms. The van der Waals surface area contributed by atoms with Crippen molar-refractivity contribution in [1.29, 1.82) is 0 Å². The molecule has 1 N–H and O–H groups in total. The van der Waals surface area contributed by atoms with E-state index in [1.54, 1.807) is 0 Å². The second-order valence-corrected chi connectivity index (χ2v) is 6.31. The van der Waals surface area contributed by atoms with Crippen molar-refractivity contribution in [3.05, 3.63) is 18.2 Å². The van der Waals surface area contributed by atoms with E-state index in [4.69, 9.17) is 4.74 Å². The molecular weight excluding hydrogens is 264 g/mol. The molecule has 118 valence electrons. The third-order valence-corrected chi connectivity index (χ3v) is 4.79. The van der Waals surface area contributed by atoms with Crippen LogP contribution in [0.5, 0.6) is 0 Å². The largest absolute Gasteiger partial charge is 0.369 e. The monoisotopic (exact) mass is 292 g/mol. The Morgan fingerprint density at radius 2 is 2.33 bits per heavy atom. The Balaban J connectivity index is 1.50. The average molecular weight is 292 g/mol. The third kappa shape index (κ3) is 3.84. The molecule has 0 saturated carbocycles. The molecule has 5 heteroatoms. The third-order valence-electron chi connectivity index (χ3n) is 4.79. The Morgan fingerprint density at radius 1 is 1.38 bits per heavy atom. The lowest BCUT2D eigenvalue weighted by molar-refractivity contribution is 0.0226. The predicted octanol–water partition coefficient (Wildman–Crippen LogP) is 1.81. The van der Waals surface area contributed by atoms with Crippen molar-refractivity contribution in [2.75, 3.05) is 32.8 Å². The number of aromatic nitrogens is 2. The molecule has 0 aromatic carbocycles. The standard InChI is InChI=1S/C16H28N4O/c1-14-5-2-3-7-19(14)8-4-9-20-13-18-11-15(20)16-12-17-6-10-21-16/h11,13-14,16-17H,2-10,12H2,1H3. The van der Waals surface area contributed by atoms with E-state index in [9.17, 15) is 0 Å². The molecule has 5 nitrogen and oxygen atoms in total. The first-order valence-corrected chi connectivity index (χ1v) is 8.41. The normalized spacial score (nSPS) is 27.9. The van der Waals surface area contributed by atoms with Crippen molar-refractivity contribution in [2.45, 2.75) is 51.3 Å². The first kappa shape index (κ1) is 15.0. The van der Waals surface area contributed by atoms with Crippen LogP contribution < -0.4 is 5.32 Å². The SMILES string of the molecule is CC1CCCCN1CCCn1cncc1C1CNCCO1. The van der Waals surface area contributed by atoms with E-state index >= 15 is 0 Å². The fourth-order valence-electron chi connectivity index (χ4n) is 3.48. The van der Waals surface area contributed by atoms with Gasteiger partial charge in [-0.3, -0.25) is 0 Å². The summed E-state index contributed by atoms with van der Waals surface area (Å²) in [5, 5.41) is 3.39. The number of hydrogen-bond acceptors (Lipinski definition) is 4. The van der Waals surface area contributed by atoms with Gasteiger partial charge in [-0.1, -0.05) is 6.42 Å². The van der Waals surface area contributed by atoms with Gasteiger partial charge in [0.2, 0.25) is 0 Å². The molecule has 2 aliphatic rings. The number of imidazole rings is 1. The summed E-state index contributed by atoms with van der Waals surface area (Å²) in [7, 11) is 0. The first-order valence-electron chi connectivity index (χ1n) is 8.41. The van der Waals surface area contributed by atoms with Crippen LogP contribution in [0.25, 0.3) is 0 Å². The molecule has 3 rings (SSSR count). The Morgan fingerprint density at radius 3 is 3.14 bits per heavy atom. The van der Waals surface area contributed by atoms with Crippen molar-refractivity contribution >= 4 is 0 Å². The number of nitrogens with one attached hydrogen (secondary N) is 1. The van der Waals surface area contributed by atoms with Gasteiger partial charge in [-0.15, -0.1) is 0 Å². The second kappa shape index (κ2) is 7.38. The molecule has 3 heterocycles. The van der Waals surface area contributed by atoms with Crippen molar-refractivity contribution < 1.29 is 4.74 Å². The molecule has 21 heavy (non-hydrogen) atoms. The fourth-order valence-corrected chi connectivity index (χ4v) is 3.48. The minimum absolute atomic E-state index is 0.162. The van der Waals surface area contributed by atoms with Gasteiger partial charge in [-0.05, 0) is 32.7 Å². The van der Waals surface area contributed by atoms with Crippen LogP contribution in [0.15, 0.2) is 12.5 Å². The summed E-state index contributed by atoms with van der Waals surface area (Å²) in [5.74, 6) is 0. The molecular formula is C16H28N4O. The van der Waals surface area contributed by atoms with Crippen molar-refractivity contribution in [1.82, 2.24) is 19.8 Å². The summed E-state index contributed by atoms with van der Waals surface area (Å²) >= 11 is 0. The van der Waals surface area contributed by atoms with Crippen molar-refractivity contribution in [3.63, 3.8) is 0 Å². The van der Waals surface area contributed by atoms with Crippen LogP contribution in [0.2, 0.25) is 0 Å². The lowest BCUT2D eigenvalue weighted by Gasteiger charge is -2.33. The van der Waals surface area contributed by atoms with Crippen LogP contribution in [0.1, 0.15) is 44.4 Å². The van der Waals surface area contributed by atoms with E-state index in [1.165, 1.54) is 44.5 Å². The minimum Gasteiger partial charge on any atom is -0.369 e. The zero-order chi connectivity index (χ0) is 14.5. The first-order chi connectivity index (χ1) is 10.3. The highest BCUT2D eigenvalue weighted by Gasteiger charge is 2.20. The highest BCUT2D eigenvalue weighted by molar-refractivity contribution is 5.04. The summed E-state index contributed by atoms with van der Waals surface area (Å²) in [4.78, 5) is 6.96. The molecule has 0 radical (unpaired) electrons. The topological polar surface area (TPSA) is 42.3 Å². The highest BCUT2D eigenvalue weighted by atomic mass is 16.5. The molecule has 1 aromatic heterocycles. The number of aryl methyl sites for hydroxylation is 1. The Labute approximate surface area is 127 Å².